The number of fused-ring (bicyclic) bond motifs is 1. The second-order valence-electron chi connectivity index (χ2n) is 6.74. The van der Waals surface area contributed by atoms with E-state index in [1.807, 2.05) is 6.92 Å². The van der Waals surface area contributed by atoms with Gasteiger partial charge in [-0.25, -0.2) is 4.98 Å². The summed E-state index contributed by atoms with van der Waals surface area (Å²) >= 11 is 0. The van der Waals surface area contributed by atoms with Crippen LogP contribution in [0.1, 0.15) is 31.7 Å². The largest absolute Gasteiger partial charge is 0.464 e. The Balaban J connectivity index is 1.58. The first-order valence-corrected chi connectivity index (χ1v) is 8.80. The number of hydrogen-bond donors (Lipinski definition) is 0. The third-order valence-electron chi connectivity index (χ3n) is 4.69. The number of aromatic nitrogens is 5. The van der Waals surface area contributed by atoms with Crippen molar-refractivity contribution in [1.29, 1.82) is 0 Å². The number of methoxy groups -OCH3 is 1. The van der Waals surface area contributed by atoms with Crippen LogP contribution >= 0.6 is 0 Å². The van der Waals surface area contributed by atoms with Crippen molar-refractivity contribution in [2.75, 3.05) is 7.11 Å². The molecule has 28 heavy (non-hydrogen) atoms. The van der Waals surface area contributed by atoms with Crippen molar-refractivity contribution in [2.45, 2.75) is 38.1 Å². The van der Waals surface area contributed by atoms with Gasteiger partial charge in [0.15, 0.2) is 17.6 Å². The van der Waals surface area contributed by atoms with E-state index in [0.717, 1.165) is 0 Å². The van der Waals surface area contributed by atoms with E-state index >= 15 is 0 Å². The Labute approximate surface area is 158 Å². The van der Waals surface area contributed by atoms with Gasteiger partial charge in [-0.1, -0.05) is 0 Å². The Kier molecular flexibility index (Phi) is 4.66. The summed E-state index contributed by atoms with van der Waals surface area (Å²) in [5.74, 6) is 0.0732. The standard InChI is InChI=1S/C18H18F3N5O2/c1-10(27-2)17-25-24-14-8-22-13(9-26(14)17)12-5-6-15(23-7-12)28-16(11-3-4-11)18(19,20)21/h5-11,16H,3-4H2,1-2H3/t10-,16+/m1/s1. The van der Waals surface area contributed by atoms with E-state index in [4.69, 9.17) is 9.47 Å². The zero-order chi connectivity index (χ0) is 19.9. The molecule has 0 unspecified atom stereocenters. The molecular formula is C18H18F3N5O2. The number of ether oxygens (including phenoxy) is 2. The molecule has 0 saturated heterocycles. The maximum absolute atomic E-state index is 13.1. The maximum Gasteiger partial charge on any atom is 0.425 e. The number of pyridine rings is 1. The van der Waals surface area contributed by atoms with Crippen molar-refractivity contribution in [1.82, 2.24) is 24.6 Å². The lowest BCUT2D eigenvalue weighted by atomic mass is 10.2. The summed E-state index contributed by atoms with van der Waals surface area (Å²) in [5.41, 5.74) is 1.77. The highest BCUT2D eigenvalue weighted by Gasteiger charge is 2.51. The third-order valence-corrected chi connectivity index (χ3v) is 4.69. The van der Waals surface area contributed by atoms with E-state index in [0.29, 0.717) is 35.6 Å². The molecule has 4 rings (SSSR count). The molecule has 3 heterocycles. The SMILES string of the molecule is CO[C@H](C)c1nnc2cnc(-c3ccc(O[C@@H](C4CC4)C(F)(F)F)nc3)cn12. The Morgan fingerprint density at radius 1 is 1.14 bits per heavy atom. The first-order valence-electron chi connectivity index (χ1n) is 8.80. The Morgan fingerprint density at radius 3 is 2.54 bits per heavy atom. The lowest BCUT2D eigenvalue weighted by molar-refractivity contribution is -0.201. The molecule has 0 N–H and O–H groups in total. The van der Waals surface area contributed by atoms with Crippen LogP contribution in [0, 0.1) is 5.92 Å². The average Bonchev–Trinajstić information content (AvgIpc) is 3.43. The van der Waals surface area contributed by atoms with Crippen LogP contribution in [-0.2, 0) is 4.74 Å². The molecule has 0 bridgehead atoms. The molecule has 1 aliphatic rings. The smallest absolute Gasteiger partial charge is 0.425 e. The van der Waals surface area contributed by atoms with Crippen LogP contribution in [0.2, 0.25) is 0 Å². The minimum absolute atomic E-state index is 0.0583. The highest BCUT2D eigenvalue weighted by Crippen LogP contribution is 2.42. The number of nitrogens with zero attached hydrogens (tertiary/aromatic N) is 5. The number of alkyl halides is 3. The molecule has 10 heteroatoms. The monoisotopic (exact) mass is 393 g/mol. The van der Waals surface area contributed by atoms with Crippen LogP contribution < -0.4 is 4.74 Å². The lowest BCUT2D eigenvalue weighted by Gasteiger charge is -2.20. The van der Waals surface area contributed by atoms with Crippen molar-refractivity contribution < 1.29 is 22.6 Å². The Morgan fingerprint density at radius 2 is 1.93 bits per heavy atom. The van der Waals surface area contributed by atoms with Gasteiger partial charge in [-0.2, -0.15) is 13.2 Å². The summed E-state index contributed by atoms with van der Waals surface area (Å²) in [6.45, 7) is 1.85. The van der Waals surface area contributed by atoms with Gasteiger partial charge in [0.1, 0.15) is 6.10 Å². The van der Waals surface area contributed by atoms with Crippen LogP contribution in [0.25, 0.3) is 16.9 Å². The fourth-order valence-corrected chi connectivity index (χ4v) is 2.91. The van der Waals surface area contributed by atoms with Crippen LogP contribution in [0.3, 0.4) is 0 Å². The maximum atomic E-state index is 13.1. The zero-order valence-corrected chi connectivity index (χ0v) is 15.2. The molecule has 1 saturated carbocycles. The molecule has 0 spiro atoms. The Bertz CT molecular complexity index is 970. The second kappa shape index (κ2) is 7.01. The van der Waals surface area contributed by atoms with Gasteiger partial charge in [0, 0.05) is 37.1 Å². The average molecular weight is 393 g/mol. The first kappa shape index (κ1) is 18.6. The fraction of sp³-hybridized carbons (Fsp3) is 0.444. The van der Waals surface area contributed by atoms with E-state index in [2.05, 4.69) is 20.2 Å². The lowest BCUT2D eigenvalue weighted by Crippen LogP contribution is -2.36. The van der Waals surface area contributed by atoms with Gasteiger partial charge in [0.2, 0.25) is 5.88 Å². The molecular weight excluding hydrogens is 375 g/mol. The Hall–Kier alpha value is -2.75. The van der Waals surface area contributed by atoms with Crippen molar-refractivity contribution in [3.63, 3.8) is 0 Å². The van der Waals surface area contributed by atoms with Crippen molar-refractivity contribution >= 4 is 5.65 Å². The van der Waals surface area contributed by atoms with E-state index in [1.54, 1.807) is 30.0 Å². The second-order valence-corrected chi connectivity index (χ2v) is 6.74. The van der Waals surface area contributed by atoms with E-state index in [-0.39, 0.29) is 12.0 Å². The summed E-state index contributed by atoms with van der Waals surface area (Å²) in [4.78, 5) is 8.35. The van der Waals surface area contributed by atoms with E-state index in [9.17, 15) is 13.2 Å². The topological polar surface area (TPSA) is 74.4 Å². The summed E-state index contributed by atoms with van der Waals surface area (Å²) in [7, 11) is 1.58. The van der Waals surface area contributed by atoms with Gasteiger partial charge in [0.25, 0.3) is 0 Å². The summed E-state index contributed by atoms with van der Waals surface area (Å²) in [5, 5.41) is 8.14. The predicted molar refractivity (Wildman–Crippen MR) is 92.6 cm³/mol. The zero-order valence-electron chi connectivity index (χ0n) is 15.2. The van der Waals surface area contributed by atoms with Gasteiger partial charge in [-0.3, -0.25) is 9.38 Å². The van der Waals surface area contributed by atoms with Crippen LogP contribution in [0.4, 0.5) is 13.2 Å². The molecule has 0 radical (unpaired) electrons. The van der Waals surface area contributed by atoms with Crippen molar-refractivity contribution in [2.24, 2.45) is 5.92 Å². The normalized spacial score (nSPS) is 16.9. The minimum atomic E-state index is -4.41. The molecule has 7 nitrogen and oxygen atoms in total. The minimum Gasteiger partial charge on any atom is -0.464 e. The molecule has 0 aromatic carbocycles. The molecule has 3 aromatic rings. The quantitative estimate of drug-likeness (QED) is 0.637. The highest BCUT2D eigenvalue weighted by atomic mass is 19.4. The predicted octanol–water partition coefficient (Wildman–Crippen LogP) is 3.61. The molecule has 2 atom stereocenters. The number of halogens is 3. The molecule has 1 fully saturated rings. The van der Waals surface area contributed by atoms with Crippen LogP contribution in [0.5, 0.6) is 5.88 Å². The van der Waals surface area contributed by atoms with Gasteiger partial charge in [-0.05, 0) is 25.8 Å². The third kappa shape index (κ3) is 3.64. The van der Waals surface area contributed by atoms with Gasteiger partial charge in [0.05, 0.1) is 11.9 Å². The summed E-state index contributed by atoms with van der Waals surface area (Å²) in [6, 6.07) is 3.05. The van der Waals surface area contributed by atoms with Crippen LogP contribution in [0.15, 0.2) is 30.7 Å². The van der Waals surface area contributed by atoms with Gasteiger partial charge in [-0.15, -0.1) is 10.2 Å². The first-order chi connectivity index (χ1) is 13.4. The van der Waals surface area contributed by atoms with Crippen molar-refractivity contribution in [3.8, 4) is 17.1 Å². The molecule has 1 aliphatic carbocycles. The number of hydrogen-bond acceptors (Lipinski definition) is 6. The molecule has 3 aromatic heterocycles. The fourth-order valence-electron chi connectivity index (χ4n) is 2.91. The summed E-state index contributed by atoms with van der Waals surface area (Å²) in [6.07, 6.45) is -0.701. The molecule has 0 aliphatic heterocycles. The van der Waals surface area contributed by atoms with Gasteiger partial charge < -0.3 is 9.47 Å². The molecule has 0 amide bonds. The van der Waals surface area contributed by atoms with E-state index in [1.165, 1.54) is 12.3 Å². The van der Waals surface area contributed by atoms with Crippen LogP contribution in [-0.4, -0.2) is 44.0 Å². The summed E-state index contributed by atoms with van der Waals surface area (Å²) < 4.78 is 51.5. The highest BCUT2D eigenvalue weighted by molar-refractivity contribution is 5.59. The number of rotatable bonds is 6. The molecule has 148 valence electrons. The van der Waals surface area contributed by atoms with E-state index < -0.39 is 18.2 Å². The van der Waals surface area contributed by atoms with Crippen molar-refractivity contribution in [3.05, 3.63) is 36.5 Å². The van der Waals surface area contributed by atoms with Gasteiger partial charge >= 0.3 is 6.18 Å².